The summed E-state index contributed by atoms with van der Waals surface area (Å²) < 4.78 is 41.9. The van der Waals surface area contributed by atoms with E-state index in [-0.39, 0.29) is 31.4 Å². The number of carbonyl (C=O) groups excluding carboxylic acids is 2. The summed E-state index contributed by atoms with van der Waals surface area (Å²) in [5.41, 5.74) is 0. The average Bonchev–Trinajstić information content (AvgIpc) is 2.60. The molecule has 0 radical (unpaired) electrons. The van der Waals surface area contributed by atoms with E-state index < -0.39 is 12.1 Å². The van der Waals surface area contributed by atoms with Crippen molar-refractivity contribution in [1.29, 1.82) is 0 Å². The normalized spacial score (nSPS) is 15.7. The maximum atomic E-state index is 12.1. The van der Waals surface area contributed by atoms with E-state index in [1.165, 1.54) is 0 Å². The molecule has 1 aromatic rings. The molecule has 8 heteroatoms. The van der Waals surface area contributed by atoms with Crippen molar-refractivity contribution >= 4 is 11.8 Å². The monoisotopic (exact) mass is 358 g/mol. The van der Waals surface area contributed by atoms with Crippen molar-refractivity contribution in [1.82, 2.24) is 10.2 Å². The first-order valence-electron chi connectivity index (χ1n) is 8.17. The smallest absolute Gasteiger partial charge is 0.471 e. The number of benzene rings is 1. The molecule has 0 bridgehead atoms. The fourth-order valence-electron chi connectivity index (χ4n) is 2.65. The number of hydrogen-bond donors (Lipinski definition) is 1. The molecule has 0 atom stereocenters. The fourth-order valence-corrected chi connectivity index (χ4v) is 2.65. The Morgan fingerprint density at radius 1 is 1.16 bits per heavy atom. The van der Waals surface area contributed by atoms with Crippen LogP contribution in [0.15, 0.2) is 30.3 Å². The molecule has 1 saturated heterocycles. The Bertz CT molecular complexity index is 570. The zero-order chi connectivity index (χ0) is 18.3. The van der Waals surface area contributed by atoms with Gasteiger partial charge in [0, 0.05) is 19.6 Å². The second kappa shape index (κ2) is 8.73. The van der Waals surface area contributed by atoms with Crippen molar-refractivity contribution < 1.29 is 27.5 Å². The van der Waals surface area contributed by atoms with E-state index in [0.29, 0.717) is 31.7 Å². The van der Waals surface area contributed by atoms with E-state index in [2.05, 4.69) is 0 Å². The number of alkyl halides is 3. The number of rotatable bonds is 6. The van der Waals surface area contributed by atoms with Crippen molar-refractivity contribution in [3.8, 4) is 5.75 Å². The van der Waals surface area contributed by atoms with E-state index in [4.69, 9.17) is 4.74 Å². The van der Waals surface area contributed by atoms with Gasteiger partial charge in [-0.1, -0.05) is 18.2 Å². The lowest BCUT2D eigenvalue weighted by Crippen LogP contribution is -2.44. The number of likely N-dealkylation sites (tertiary alicyclic amines) is 1. The van der Waals surface area contributed by atoms with Crippen molar-refractivity contribution in [2.75, 3.05) is 26.2 Å². The summed E-state index contributed by atoms with van der Waals surface area (Å²) >= 11 is 0. The SMILES string of the molecule is O=C(CCOc1ccccc1)N1CCC(CNC(=O)C(F)(F)F)CC1. The van der Waals surface area contributed by atoms with Crippen LogP contribution in [0.2, 0.25) is 0 Å². The van der Waals surface area contributed by atoms with Crippen LogP contribution in [0.5, 0.6) is 5.75 Å². The Morgan fingerprint density at radius 3 is 2.40 bits per heavy atom. The van der Waals surface area contributed by atoms with E-state index >= 15 is 0 Å². The van der Waals surface area contributed by atoms with Gasteiger partial charge in [-0.3, -0.25) is 9.59 Å². The third-order valence-electron chi connectivity index (χ3n) is 4.10. The van der Waals surface area contributed by atoms with Gasteiger partial charge < -0.3 is 15.0 Å². The summed E-state index contributed by atoms with van der Waals surface area (Å²) in [6.45, 7) is 1.23. The number of para-hydroxylation sites is 1. The molecule has 1 aliphatic rings. The van der Waals surface area contributed by atoms with Gasteiger partial charge in [0.05, 0.1) is 13.0 Å². The molecule has 1 aliphatic heterocycles. The van der Waals surface area contributed by atoms with Crippen LogP contribution in [-0.2, 0) is 9.59 Å². The summed E-state index contributed by atoms with van der Waals surface area (Å²) in [6, 6.07) is 9.19. The van der Waals surface area contributed by atoms with Crippen molar-refractivity contribution in [3.05, 3.63) is 30.3 Å². The maximum absolute atomic E-state index is 12.1. The lowest BCUT2D eigenvalue weighted by Gasteiger charge is -2.32. The summed E-state index contributed by atoms with van der Waals surface area (Å²) in [7, 11) is 0. The molecule has 1 N–H and O–H groups in total. The van der Waals surface area contributed by atoms with E-state index in [1.807, 2.05) is 35.6 Å². The summed E-state index contributed by atoms with van der Waals surface area (Å²) in [6.07, 6.45) is -3.45. The van der Waals surface area contributed by atoms with Gasteiger partial charge in [-0.05, 0) is 30.9 Å². The summed E-state index contributed by atoms with van der Waals surface area (Å²) in [5.74, 6) is -1.29. The quantitative estimate of drug-likeness (QED) is 0.849. The molecule has 0 unspecified atom stereocenters. The second-order valence-electron chi connectivity index (χ2n) is 5.94. The molecule has 138 valence electrons. The summed E-state index contributed by atoms with van der Waals surface area (Å²) in [5, 5.41) is 1.90. The molecule has 1 heterocycles. The lowest BCUT2D eigenvalue weighted by molar-refractivity contribution is -0.173. The van der Waals surface area contributed by atoms with Gasteiger partial charge in [0.25, 0.3) is 0 Å². The average molecular weight is 358 g/mol. The molecule has 0 aliphatic carbocycles. The molecule has 1 fully saturated rings. The predicted molar refractivity (Wildman–Crippen MR) is 84.9 cm³/mol. The molecule has 1 aromatic carbocycles. The zero-order valence-corrected chi connectivity index (χ0v) is 13.7. The molecule has 0 saturated carbocycles. The van der Waals surface area contributed by atoms with Crippen LogP contribution in [0.3, 0.4) is 0 Å². The Labute approximate surface area is 144 Å². The highest BCUT2D eigenvalue weighted by Gasteiger charge is 2.38. The zero-order valence-electron chi connectivity index (χ0n) is 13.7. The van der Waals surface area contributed by atoms with Crippen LogP contribution in [0.4, 0.5) is 13.2 Å². The first kappa shape index (κ1) is 19.1. The minimum atomic E-state index is -4.85. The Kier molecular flexibility index (Phi) is 6.66. The molecular formula is C17H21F3N2O3. The van der Waals surface area contributed by atoms with Gasteiger partial charge >= 0.3 is 12.1 Å². The number of hydrogen-bond acceptors (Lipinski definition) is 3. The maximum Gasteiger partial charge on any atom is 0.471 e. The van der Waals surface area contributed by atoms with Gasteiger partial charge in [-0.2, -0.15) is 13.2 Å². The van der Waals surface area contributed by atoms with E-state index in [1.54, 1.807) is 4.90 Å². The van der Waals surface area contributed by atoms with E-state index in [0.717, 1.165) is 0 Å². The van der Waals surface area contributed by atoms with Crippen LogP contribution in [0, 0.1) is 5.92 Å². The Morgan fingerprint density at radius 2 is 1.80 bits per heavy atom. The van der Waals surface area contributed by atoms with Gasteiger partial charge in [0.15, 0.2) is 0 Å². The van der Waals surface area contributed by atoms with Gasteiger partial charge in [-0.25, -0.2) is 0 Å². The van der Waals surface area contributed by atoms with Crippen LogP contribution in [0.25, 0.3) is 0 Å². The number of nitrogens with one attached hydrogen (secondary N) is 1. The number of ether oxygens (including phenoxy) is 1. The largest absolute Gasteiger partial charge is 0.493 e. The molecule has 0 spiro atoms. The number of amides is 2. The molecule has 2 rings (SSSR count). The highest BCUT2D eigenvalue weighted by molar-refractivity contribution is 5.81. The first-order valence-corrected chi connectivity index (χ1v) is 8.17. The molecular weight excluding hydrogens is 337 g/mol. The van der Waals surface area contributed by atoms with Crippen molar-refractivity contribution in [3.63, 3.8) is 0 Å². The fraction of sp³-hybridized carbons (Fsp3) is 0.529. The molecule has 25 heavy (non-hydrogen) atoms. The van der Waals surface area contributed by atoms with Crippen LogP contribution >= 0.6 is 0 Å². The number of carbonyl (C=O) groups is 2. The lowest BCUT2D eigenvalue weighted by atomic mass is 9.96. The van der Waals surface area contributed by atoms with Gasteiger partial charge in [-0.15, -0.1) is 0 Å². The summed E-state index contributed by atoms with van der Waals surface area (Å²) in [4.78, 5) is 24.6. The molecule has 2 amide bonds. The third kappa shape index (κ3) is 6.28. The highest BCUT2D eigenvalue weighted by Crippen LogP contribution is 2.19. The Balaban J connectivity index is 1.64. The van der Waals surface area contributed by atoms with Crippen molar-refractivity contribution in [2.24, 2.45) is 5.92 Å². The standard InChI is InChI=1S/C17H21F3N2O3/c18-17(19,20)16(24)21-12-13-6-9-22(10-7-13)15(23)8-11-25-14-4-2-1-3-5-14/h1-5,13H,6-12H2,(H,21,24). The predicted octanol–water partition coefficient (Wildman–Crippen LogP) is 2.37. The first-order chi connectivity index (χ1) is 11.9. The second-order valence-corrected chi connectivity index (χ2v) is 5.94. The van der Waals surface area contributed by atoms with Crippen LogP contribution in [-0.4, -0.2) is 49.1 Å². The minimum Gasteiger partial charge on any atom is -0.493 e. The van der Waals surface area contributed by atoms with Crippen LogP contribution in [0.1, 0.15) is 19.3 Å². The van der Waals surface area contributed by atoms with Gasteiger partial charge in [0.1, 0.15) is 5.75 Å². The van der Waals surface area contributed by atoms with E-state index in [9.17, 15) is 22.8 Å². The number of nitrogens with zero attached hydrogens (tertiary/aromatic N) is 1. The highest BCUT2D eigenvalue weighted by atomic mass is 19.4. The van der Waals surface area contributed by atoms with Gasteiger partial charge in [0.2, 0.25) is 5.91 Å². The Hall–Kier alpha value is -2.25. The topological polar surface area (TPSA) is 58.6 Å². The number of piperidine rings is 1. The molecule has 0 aromatic heterocycles. The van der Waals surface area contributed by atoms with Crippen LogP contribution < -0.4 is 10.1 Å². The number of halogens is 3. The molecule has 5 nitrogen and oxygen atoms in total. The van der Waals surface area contributed by atoms with Crippen molar-refractivity contribution in [2.45, 2.75) is 25.4 Å². The minimum absolute atomic E-state index is 0.0164. The third-order valence-corrected chi connectivity index (χ3v) is 4.10.